The van der Waals surface area contributed by atoms with Gasteiger partial charge in [0.1, 0.15) is 6.54 Å². The van der Waals surface area contributed by atoms with Gasteiger partial charge >= 0.3 is 0 Å². The number of hydrogen-bond acceptors (Lipinski definition) is 7. The van der Waals surface area contributed by atoms with Gasteiger partial charge in [-0.25, -0.2) is 0 Å². The fourth-order valence-corrected chi connectivity index (χ4v) is 5.00. The van der Waals surface area contributed by atoms with Gasteiger partial charge in [-0.1, -0.05) is 42.5 Å². The van der Waals surface area contributed by atoms with Crippen LogP contribution >= 0.6 is 11.8 Å². The van der Waals surface area contributed by atoms with Crippen LogP contribution in [-0.2, 0) is 14.4 Å². The number of nitrogens with one attached hydrogen (secondary N) is 2. The van der Waals surface area contributed by atoms with E-state index >= 15 is 0 Å². The first-order chi connectivity index (χ1) is 19.7. The molecule has 0 saturated carbocycles. The summed E-state index contributed by atoms with van der Waals surface area (Å²) < 4.78 is 11.4. The van der Waals surface area contributed by atoms with Crippen molar-refractivity contribution in [2.75, 3.05) is 30.4 Å². The second-order valence-corrected chi connectivity index (χ2v) is 10.4. The van der Waals surface area contributed by atoms with Crippen LogP contribution in [-0.4, -0.2) is 47.6 Å². The topological polar surface area (TPSA) is 114 Å². The van der Waals surface area contributed by atoms with Gasteiger partial charge in [0.25, 0.3) is 17.1 Å². The number of imide groups is 1. The Kier molecular flexibility index (Phi) is 9.46. The van der Waals surface area contributed by atoms with Gasteiger partial charge in [0.05, 0.1) is 11.5 Å². The van der Waals surface area contributed by atoms with Crippen LogP contribution in [0, 0.1) is 20.8 Å². The molecule has 0 bridgehead atoms. The van der Waals surface area contributed by atoms with Gasteiger partial charge in [-0.15, -0.1) is 0 Å². The molecule has 0 aromatic heterocycles. The minimum Gasteiger partial charge on any atom is -0.490 e. The van der Waals surface area contributed by atoms with Crippen molar-refractivity contribution in [2.45, 2.75) is 27.7 Å². The lowest BCUT2D eigenvalue weighted by Gasteiger charge is -2.15. The molecule has 0 aliphatic carbocycles. The standard InChI is InChI=1S/C31H31N3O6S/c1-5-39-25-15-22(13-14-24(25)40-18-28(36)32-23-12-7-6-9-19(23)2)16-26-30(37)34(31(38)41-26)17-27(35)33-29-20(3)10-8-11-21(29)4/h6-16H,5,17-18H2,1-4H3,(H,32,36)(H,33,35)/b26-16-. The van der Waals surface area contributed by atoms with Crippen LogP contribution in [0.3, 0.4) is 0 Å². The Bertz CT molecular complexity index is 1510. The Labute approximate surface area is 242 Å². The Morgan fingerprint density at radius 3 is 2.27 bits per heavy atom. The first-order valence-corrected chi connectivity index (χ1v) is 13.8. The van der Waals surface area contributed by atoms with Gasteiger partial charge < -0.3 is 20.1 Å². The molecule has 0 spiro atoms. The van der Waals surface area contributed by atoms with Gasteiger partial charge in [0, 0.05) is 11.4 Å². The minimum atomic E-state index is -0.553. The summed E-state index contributed by atoms with van der Waals surface area (Å²) in [4.78, 5) is 51.8. The number of carbonyl (C=O) groups excluding carboxylic acids is 4. The zero-order valence-electron chi connectivity index (χ0n) is 23.3. The zero-order chi connectivity index (χ0) is 29.5. The minimum absolute atomic E-state index is 0.184. The van der Waals surface area contributed by atoms with E-state index < -0.39 is 23.6 Å². The van der Waals surface area contributed by atoms with Gasteiger partial charge in [-0.2, -0.15) is 0 Å². The summed E-state index contributed by atoms with van der Waals surface area (Å²) in [5.41, 5.74) is 4.67. The maximum atomic E-state index is 13.0. The van der Waals surface area contributed by atoms with Crippen molar-refractivity contribution in [1.82, 2.24) is 4.90 Å². The third kappa shape index (κ3) is 7.34. The molecule has 1 heterocycles. The fourth-order valence-electron chi connectivity index (χ4n) is 4.17. The summed E-state index contributed by atoms with van der Waals surface area (Å²) in [6, 6.07) is 18.1. The van der Waals surface area contributed by atoms with Crippen LogP contribution in [0.1, 0.15) is 29.2 Å². The highest BCUT2D eigenvalue weighted by Crippen LogP contribution is 2.35. The Balaban J connectivity index is 1.42. The SMILES string of the molecule is CCOc1cc(/C=C2\SC(=O)N(CC(=O)Nc3c(C)cccc3C)C2=O)ccc1OCC(=O)Nc1ccccc1C. The predicted octanol–water partition coefficient (Wildman–Crippen LogP) is 5.70. The van der Waals surface area contributed by atoms with Gasteiger partial charge in [-0.05, 0) is 86.0 Å². The van der Waals surface area contributed by atoms with E-state index in [9.17, 15) is 19.2 Å². The Morgan fingerprint density at radius 2 is 1.56 bits per heavy atom. The number of para-hydroxylation sites is 2. The Morgan fingerprint density at radius 1 is 0.854 bits per heavy atom. The molecule has 1 aliphatic heterocycles. The molecule has 3 aromatic carbocycles. The third-order valence-corrected chi connectivity index (χ3v) is 7.17. The highest BCUT2D eigenvalue weighted by molar-refractivity contribution is 8.18. The van der Waals surface area contributed by atoms with Crippen molar-refractivity contribution in [3.05, 3.63) is 87.8 Å². The van der Waals surface area contributed by atoms with E-state index in [0.717, 1.165) is 33.4 Å². The van der Waals surface area contributed by atoms with Crippen LogP contribution in [0.4, 0.5) is 16.2 Å². The number of hydrogen-bond donors (Lipinski definition) is 2. The quantitative estimate of drug-likeness (QED) is 0.299. The number of ether oxygens (including phenoxy) is 2. The van der Waals surface area contributed by atoms with Crippen molar-refractivity contribution in [2.24, 2.45) is 0 Å². The van der Waals surface area contributed by atoms with Gasteiger partial charge in [0.2, 0.25) is 5.91 Å². The normalized spacial score (nSPS) is 13.9. The molecule has 1 fully saturated rings. The van der Waals surface area contributed by atoms with E-state index in [4.69, 9.17) is 9.47 Å². The second-order valence-electron chi connectivity index (χ2n) is 9.37. The van der Waals surface area contributed by atoms with Gasteiger partial charge in [0.15, 0.2) is 18.1 Å². The number of aryl methyl sites for hydroxylation is 3. The first-order valence-electron chi connectivity index (χ1n) is 13.0. The highest BCUT2D eigenvalue weighted by atomic mass is 32.2. The third-order valence-electron chi connectivity index (χ3n) is 6.26. The molecular weight excluding hydrogens is 542 g/mol. The fraction of sp³-hybridized carbons (Fsp3) is 0.226. The van der Waals surface area contributed by atoms with E-state index in [-0.39, 0.29) is 17.4 Å². The van der Waals surface area contributed by atoms with Crippen LogP contribution in [0.25, 0.3) is 6.08 Å². The molecule has 1 saturated heterocycles. The van der Waals surface area contributed by atoms with Crippen molar-refractivity contribution in [1.29, 1.82) is 0 Å². The number of carbonyl (C=O) groups is 4. The van der Waals surface area contributed by atoms with Crippen LogP contribution in [0.15, 0.2) is 65.6 Å². The number of nitrogens with zero attached hydrogens (tertiary/aromatic N) is 1. The number of rotatable bonds is 10. The summed E-state index contributed by atoms with van der Waals surface area (Å²) in [6.45, 7) is 7.20. The van der Waals surface area contributed by atoms with Crippen LogP contribution < -0.4 is 20.1 Å². The average Bonchev–Trinajstić information content (AvgIpc) is 3.19. The highest BCUT2D eigenvalue weighted by Gasteiger charge is 2.36. The molecule has 3 aromatic rings. The molecule has 0 unspecified atom stereocenters. The van der Waals surface area contributed by atoms with E-state index in [1.165, 1.54) is 0 Å². The van der Waals surface area contributed by atoms with Crippen molar-refractivity contribution in [3.8, 4) is 11.5 Å². The average molecular weight is 574 g/mol. The number of thioether (sulfide) groups is 1. The summed E-state index contributed by atoms with van der Waals surface area (Å²) in [5, 5.41) is 5.09. The number of amides is 4. The molecule has 0 radical (unpaired) electrons. The van der Waals surface area contributed by atoms with E-state index in [2.05, 4.69) is 10.6 Å². The van der Waals surface area contributed by atoms with E-state index in [1.54, 1.807) is 24.3 Å². The molecule has 4 rings (SSSR count). The monoisotopic (exact) mass is 573 g/mol. The lowest BCUT2D eigenvalue weighted by Crippen LogP contribution is -2.36. The molecule has 41 heavy (non-hydrogen) atoms. The maximum Gasteiger partial charge on any atom is 0.294 e. The summed E-state index contributed by atoms with van der Waals surface area (Å²) in [6.07, 6.45) is 1.56. The molecule has 212 valence electrons. The summed E-state index contributed by atoms with van der Waals surface area (Å²) >= 11 is 0.764. The van der Waals surface area contributed by atoms with Gasteiger partial charge in [-0.3, -0.25) is 24.1 Å². The maximum absolute atomic E-state index is 13.0. The largest absolute Gasteiger partial charge is 0.490 e. The van der Waals surface area contributed by atoms with Crippen LogP contribution in [0.5, 0.6) is 11.5 Å². The van der Waals surface area contributed by atoms with Crippen molar-refractivity contribution < 1.29 is 28.7 Å². The summed E-state index contributed by atoms with van der Waals surface area (Å²) in [5.74, 6) is -0.584. The second kappa shape index (κ2) is 13.2. The molecular formula is C31H31N3O6S. The van der Waals surface area contributed by atoms with Crippen molar-refractivity contribution >= 4 is 52.2 Å². The molecule has 1 aliphatic rings. The molecule has 10 heteroatoms. The molecule has 9 nitrogen and oxygen atoms in total. The van der Waals surface area contributed by atoms with E-state index in [1.807, 2.05) is 70.2 Å². The predicted molar refractivity (Wildman–Crippen MR) is 160 cm³/mol. The first kappa shape index (κ1) is 29.4. The molecule has 4 amide bonds. The lowest BCUT2D eigenvalue weighted by atomic mass is 10.1. The smallest absolute Gasteiger partial charge is 0.294 e. The summed E-state index contributed by atoms with van der Waals surface area (Å²) in [7, 11) is 0. The lowest BCUT2D eigenvalue weighted by molar-refractivity contribution is -0.127. The molecule has 0 atom stereocenters. The van der Waals surface area contributed by atoms with Crippen LogP contribution in [0.2, 0.25) is 0 Å². The zero-order valence-corrected chi connectivity index (χ0v) is 24.1. The molecule has 2 N–H and O–H groups in total. The van der Waals surface area contributed by atoms with E-state index in [0.29, 0.717) is 35.0 Å². The number of benzene rings is 3. The number of anilines is 2. The Hall–Kier alpha value is -4.57. The van der Waals surface area contributed by atoms with Crippen molar-refractivity contribution in [3.63, 3.8) is 0 Å².